The Kier molecular flexibility index (Phi) is 2.90. The number of thiazole rings is 1. The van der Waals surface area contributed by atoms with Crippen molar-refractivity contribution in [2.45, 2.75) is 45.4 Å². The third kappa shape index (κ3) is 2.23. The average Bonchev–Trinajstić information content (AvgIpc) is 2.55. The van der Waals surface area contributed by atoms with E-state index in [1.807, 2.05) is 0 Å². The summed E-state index contributed by atoms with van der Waals surface area (Å²) in [5.41, 5.74) is 1.22. The summed E-state index contributed by atoms with van der Waals surface area (Å²) in [6.45, 7) is 2.29. The van der Waals surface area contributed by atoms with E-state index < -0.39 is 0 Å². The Hall–Kier alpha value is -0.900. The molecule has 1 aromatic rings. The van der Waals surface area contributed by atoms with E-state index in [9.17, 15) is 4.79 Å². The lowest BCUT2D eigenvalue weighted by Crippen LogP contribution is -2.27. The number of amides is 1. The maximum atomic E-state index is 11.8. The first-order chi connectivity index (χ1) is 8.22. The quantitative estimate of drug-likeness (QED) is 0.876. The van der Waals surface area contributed by atoms with E-state index in [0.717, 1.165) is 36.7 Å². The van der Waals surface area contributed by atoms with Crippen LogP contribution in [0.4, 0.5) is 5.13 Å². The van der Waals surface area contributed by atoms with E-state index in [0.29, 0.717) is 0 Å². The number of anilines is 1. The molecule has 3 rings (SSSR count). The number of carbonyl (C=O) groups excluding carboxylic acids is 1. The Labute approximate surface area is 106 Å². The van der Waals surface area contributed by atoms with Crippen LogP contribution in [0.1, 0.15) is 43.2 Å². The van der Waals surface area contributed by atoms with Gasteiger partial charge in [-0.2, -0.15) is 0 Å². The molecule has 92 valence electrons. The number of rotatable bonds is 2. The van der Waals surface area contributed by atoms with Crippen LogP contribution < -0.4 is 5.32 Å². The number of fused-ring (bicyclic) bond motifs is 1. The van der Waals surface area contributed by atoms with Crippen LogP contribution in [0.3, 0.4) is 0 Å². The van der Waals surface area contributed by atoms with Crippen molar-refractivity contribution in [3.63, 3.8) is 0 Å². The first kappa shape index (κ1) is 11.2. The van der Waals surface area contributed by atoms with Gasteiger partial charge in [-0.15, -0.1) is 11.3 Å². The van der Waals surface area contributed by atoms with Crippen molar-refractivity contribution >= 4 is 22.4 Å². The normalized spacial score (nSPS) is 23.9. The number of hydrogen-bond donors (Lipinski definition) is 1. The largest absolute Gasteiger partial charge is 0.302 e. The fourth-order valence-electron chi connectivity index (χ4n) is 2.47. The summed E-state index contributed by atoms with van der Waals surface area (Å²) in [6, 6.07) is 0. The van der Waals surface area contributed by atoms with Crippen LogP contribution in [0.5, 0.6) is 0 Å². The zero-order valence-corrected chi connectivity index (χ0v) is 11.0. The molecule has 3 nitrogen and oxygen atoms in total. The molecule has 1 saturated carbocycles. The molecule has 0 bridgehead atoms. The van der Waals surface area contributed by atoms with Gasteiger partial charge in [0.2, 0.25) is 5.91 Å². The number of aryl methyl sites for hydroxylation is 1. The molecule has 1 aromatic heterocycles. The molecule has 1 amide bonds. The van der Waals surface area contributed by atoms with Crippen LogP contribution in [0.15, 0.2) is 0 Å². The van der Waals surface area contributed by atoms with Crippen molar-refractivity contribution in [1.29, 1.82) is 0 Å². The highest BCUT2D eigenvalue weighted by atomic mass is 32.1. The molecule has 0 saturated heterocycles. The van der Waals surface area contributed by atoms with Crippen molar-refractivity contribution in [3.05, 3.63) is 10.6 Å². The van der Waals surface area contributed by atoms with Crippen molar-refractivity contribution in [1.82, 2.24) is 4.98 Å². The molecule has 4 heteroatoms. The predicted octanol–water partition coefficient (Wildman–Crippen LogP) is 3.01. The van der Waals surface area contributed by atoms with Gasteiger partial charge in [0.1, 0.15) is 0 Å². The molecule has 1 N–H and O–H groups in total. The fourth-order valence-corrected chi connectivity index (χ4v) is 3.65. The summed E-state index contributed by atoms with van der Waals surface area (Å²) in [5.74, 6) is 1.18. The van der Waals surface area contributed by atoms with E-state index in [1.165, 1.54) is 23.4 Å². The lowest BCUT2D eigenvalue weighted by molar-refractivity contribution is -0.122. The maximum Gasteiger partial charge on any atom is 0.229 e. The van der Waals surface area contributed by atoms with Crippen molar-refractivity contribution < 1.29 is 4.79 Å². The Bertz CT molecular complexity index is 437. The number of hydrogen-bond acceptors (Lipinski definition) is 3. The summed E-state index contributed by atoms with van der Waals surface area (Å²) in [4.78, 5) is 17.8. The van der Waals surface area contributed by atoms with Crippen LogP contribution in [0.25, 0.3) is 0 Å². The van der Waals surface area contributed by atoms with Crippen molar-refractivity contribution in [2.75, 3.05) is 5.32 Å². The second-order valence-corrected chi connectivity index (χ2v) is 6.44. The SMILES string of the molecule is C[C@H]1CCc2nc(NC(=O)C3CCC3)sc2C1. The second kappa shape index (κ2) is 4.41. The number of aromatic nitrogens is 1. The van der Waals surface area contributed by atoms with Gasteiger partial charge in [-0.3, -0.25) is 4.79 Å². The molecule has 0 spiro atoms. The lowest BCUT2D eigenvalue weighted by Gasteiger charge is -2.23. The molecule has 2 aliphatic rings. The van der Waals surface area contributed by atoms with Crippen LogP contribution in [-0.2, 0) is 17.6 Å². The number of nitrogens with one attached hydrogen (secondary N) is 1. The zero-order valence-electron chi connectivity index (χ0n) is 10.2. The predicted molar refractivity (Wildman–Crippen MR) is 69.3 cm³/mol. The summed E-state index contributed by atoms with van der Waals surface area (Å²) >= 11 is 1.68. The minimum absolute atomic E-state index is 0.176. The van der Waals surface area contributed by atoms with Gasteiger partial charge in [0.15, 0.2) is 5.13 Å². The Morgan fingerprint density at radius 3 is 2.94 bits per heavy atom. The number of carbonyl (C=O) groups is 1. The minimum Gasteiger partial charge on any atom is -0.302 e. The molecule has 1 fully saturated rings. The highest BCUT2D eigenvalue weighted by molar-refractivity contribution is 7.15. The van der Waals surface area contributed by atoms with E-state index in [1.54, 1.807) is 11.3 Å². The van der Waals surface area contributed by atoms with Crippen LogP contribution in [0.2, 0.25) is 0 Å². The Morgan fingerprint density at radius 1 is 1.41 bits per heavy atom. The van der Waals surface area contributed by atoms with Crippen molar-refractivity contribution in [2.24, 2.45) is 11.8 Å². The summed E-state index contributed by atoms with van der Waals surface area (Å²) < 4.78 is 0. The fraction of sp³-hybridized carbons (Fsp3) is 0.692. The molecule has 0 aliphatic heterocycles. The molecular formula is C13H18N2OS. The highest BCUT2D eigenvalue weighted by Gasteiger charge is 2.27. The van der Waals surface area contributed by atoms with Gasteiger partial charge in [0.05, 0.1) is 5.69 Å². The first-order valence-corrected chi connectivity index (χ1v) is 7.33. The van der Waals surface area contributed by atoms with E-state index in [2.05, 4.69) is 17.2 Å². The maximum absolute atomic E-state index is 11.8. The van der Waals surface area contributed by atoms with Gasteiger partial charge in [-0.05, 0) is 38.0 Å². The third-order valence-electron chi connectivity index (χ3n) is 3.89. The Balaban J connectivity index is 1.69. The van der Waals surface area contributed by atoms with Gasteiger partial charge in [0, 0.05) is 10.8 Å². The Morgan fingerprint density at radius 2 is 2.24 bits per heavy atom. The standard InChI is InChI=1S/C13H18N2OS/c1-8-5-6-10-11(7-8)17-13(14-10)15-12(16)9-3-2-4-9/h8-9H,2-7H2,1H3,(H,14,15,16)/t8-/m0/s1. The van der Waals surface area contributed by atoms with Crippen molar-refractivity contribution in [3.8, 4) is 0 Å². The smallest absolute Gasteiger partial charge is 0.229 e. The molecule has 1 atom stereocenters. The third-order valence-corrected chi connectivity index (χ3v) is 4.93. The van der Waals surface area contributed by atoms with Gasteiger partial charge in [-0.25, -0.2) is 4.98 Å². The average molecular weight is 250 g/mol. The molecule has 0 aromatic carbocycles. The number of nitrogens with zero attached hydrogens (tertiary/aromatic N) is 1. The minimum atomic E-state index is 0.176. The zero-order chi connectivity index (χ0) is 11.8. The van der Waals surface area contributed by atoms with Crippen LogP contribution in [0, 0.1) is 11.8 Å². The molecule has 0 unspecified atom stereocenters. The van der Waals surface area contributed by atoms with E-state index in [4.69, 9.17) is 0 Å². The van der Waals surface area contributed by atoms with Gasteiger partial charge >= 0.3 is 0 Å². The molecule has 0 radical (unpaired) electrons. The summed E-state index contributed by atoms with van der Waals surface area (Å²) in [5, 5.41) is 3.80. The summed E-state index contributed by atoms with van der Waals surface area (Å²) in [6.07, 6.45) is 6.73. The first-order valence-electron chi connectivity index (χ1n) is 6.52. The van der Waals surface area contributed by atoms with E-state index >= 15 is 0 Å². The molecule has 2 aliphatic carbocycles. The van der Waals surface area contributed by atoms with E-state index in [-0.39, 0.29) is 11.8 Å². The molecule has 17 heavy (non-hydrogen) atoms. The lowest BCUT2D eigenvalue weighted by atomic mass is 9.85. The summed E-state index contributed by atoms with van der Waals surface area (Å²) in [7, 11) is 0. The molecule has 1 heterocycles. The van der Waals surface area contributed by atoms with Crippen LogP contribution in [-0.4, -0.2) is 10.9 Å². The van der Waals surface area contributed by atoms with Gasteiger partial charge in [0.25, 0.3) is 0 Å². The topological polar surface area (TPSA) is 42.0 Å². The highest BCUT2D eigenvalue weighted by Crippen LogP contribution is 2.33. The van der Waals surface area contributed by atoms with Gasteiger partial charge < -0.3 is 5.32 Å². The second-order valence-electron chi connectivity index (χ2n) is 5.35. The van der Waals surface area contributed by atoms with Crippen LogP contribution >= 0.6 is 11.3 Å². The molecular weight excluding hydrogens is 232 g/mol. The van der Waals surface area contributed by atoms with Gasteiger partial charge in [-0.1, -0.05) is 13.3 Å². The monoisotopic (exact) mass is 250 g/mol.